The summed E-state index contributed by atoms with van der Waals surface area (Å²) in [7, 11) is 0. The fourth-order valence-electron chi connectivity index (χ4n) is 3.29. The summed E-state index contributed by atoms with van der Waals surface area (Å²) in [5, 5.41) is 0. The molecule has 1 unspecified atom stereocenters. The van der Waals surface area contributed by atoms with Gasteiger partial charge in [-0.3, -0.25) is 0 Å². The maximum atomic E-state index is 2.46. The van der Waals surface area contributed by atoms with Crippen LogP contribution in [0.4, 0.5) is 0 Å². The first-order valence-electron chi connectivity index (χ1n) is 10.7. The molecule has 0 N–H and O–H groups in total. The number of hydrogen-bond acceptors (Lipinski definition) is 0. The zero-order valence-electron chi connectivity index (χ0n) is 17.1. The standard InChI is InChI=1S/C23H46/c1-6-7-8-9-13-16-19-23(22(4)5)20-17-14-11-10-12-15-18-21(2)3/h13,16,21-23H,6-12,14-15,17-20H2,1-5H3/b16-13+. The molecule has 0 rings (SSSR count). The molecule has 0 aromatic carbocycles. The van der Waals surface area contributed by atoms with E-state index in [0.29, 0.717) is 0 Å². The lowest BCUT2D eigenvalue weighted by Gasteiger charge is -2.19. The van der Waals surface area contributed by atoms with Crippen LogP contribution < -0.4 is 0 Å². The molecule has 0 fully saturated rings. The van der Waals surface area contributed by atoms with Crippen molar-refractivity contribution < 1.29 is 0 Å². The van der Waals surface area contributed by atoms with E-state index in [1.807, 2.05) is 0 Å². The van der Waals surface area contributed by atoms with E-state index >= 15 is 0 Å². The molecule has 0 saturated heterocycles. The first-order chi connectivity index (χ1) is 11.1. The minimum atomic E-state index is 0.835. The number of hydrogen-bond donors (Lipinski definition) is 0. The average molecular weight is 323 g/mol. The van der Waals surface area contributed by atoms with Crippen molar-refractivity contribution in [3.63, 3.8) is 0 Å². The molecule has 0 radical (unpaired) electrons. The van der Waals surface area contributed by atoms with Crippen molar-refractivity contribution in [1.29, 1.82) is 0 Å². The molecule has 0 aliphatic heterocycles. The molecule has 0 nitrogen and oxygen atoms in total. The molecule has 0 amide bonds. The van der Waals surface area contributed by atoms with Gasteiger partial charge in [-0.15, -0.1) is 0 Å². The summed E-state index contributed by atoms with van der Waals surface area (Å²) < 4.78 is 0. The monoisotopic (exact) mass is 322 g/mol. The quantitative estimate of drug-likeness (QED) is 0.197. The Morgan fingerprint density at radius 1 is 0.652 bits per heavy atom. The highest BCUT2D eigenvalue weighted by atomic mass is 14.2. The highest BCUT2D eigenvalue weighted by Crippen LogP contribution is 2.23. The van der Waals surface area contributed by atoms with Crippen LogP contribution in [0.15, 0.2) is 12.2 Å². The summed E-state index contributed by atoms with van der Waals surface area (Å²) in [6.07, 6.45) is 23.1. The molecule has 0 spiro atoms. The van der Waals surface area contributed by atoms with E-state index in [4.69, 9.17) is 0 Å². The molecule has 0 heteroatoms. The predicted octanol–water partition coefficient (Wildman–Crippen LogP) is 8.56. The fourth-order valence-corrected chi connectivity index (χ4v) is 3.29. The van der Waals surface area contributed by atoms with Crippen molar-refractivity contribution in [3.8, 4) is 0 Å². The van der Waals surface area contributed by atoms with Crippen molar-refractivity contribution >= 4 is 0 Å². The largest absolute Gasteiger partial charge is 0.0885 e. The third-order valence-electron chi connectivity index (χ3n) is 5.13. The van der Waals surface area contributed by atoms with E-state index in [9.17, 15) is 0 Å². The summed E-state index contributed by atoms with van der Waals surface area (Å²) in [6.45, 7) is 11.8. The second kappa shape index (κ2) is 16.6. The third kappa shape index (κ3) is 16.4. The minimum absolute atomic E-state index is 0.835. The van der Waals surface area contributed by atoms with Crippen LogP contribution in [0.25, 0.3) is 0 Å². The SMILES string of the molecule is CCCCC/C=C/CC(CCCCCCCCC(C)C)C(C)C. The number of rotatable bonds is 16. The Kier molecular flexibility index (Phi) is 16.4. The Balaban J connectivity index is 3.60. The topological polar surface area (TPSA) is 0 Å². The van der Waals surface area contributed by atoms with Crippen LogP contribution in [0.3, 0.4) is 0 Å². The van der Waals surface area contributed by atoms with Crippen molar-refractivity contribution in [2.75, 3.05) is 0 Å². The summed E-state index contributed by atoms with van der Waals surface area (Å²) >= 11 is 0. The summed E-state index contributed by atoms with van der Waals surface area (Å²) in [4.78, 5) is 0. The van der Waals surface area contributed by atoms with Crippen LogP contribution in [0, 0.1) is 17.8 Å². The molecule has 138 valence electrons. The molecule has 0 bridgehead atoms. The predicted molar refractivity (Wildman–Crippen MR) is 108 cm³/mol. The number of allylic oxidation sites excluding steroid dienone is 2. The summed E-state index contributed by atoms with van der Waals surface area (Å²) in [5.74, 6) is 2.62. The van der Waals surface area contributed by atoms with Crippen LogP contribution in [-0.2, 0) is 0 Å². The van der Waals surface area contributed by atoms with Gasteiger partial charge in [0.25, 0.3) is 0 Å². The molecule has 0 aliphatic rings. The van der Waals surface area contributed by atoms with Gasteiger partial charge >= 0.3 is 0 Å². The second-order valence-corrected chi connectivity index (χ2v) is 8.30. The maximum absolute atomic E-state index is 2.46. The zero-order valence-corrected chi connectivity index (χ0v) is 17.1. The van der Waals surface area contributed by atoms with Crippen LogP contribution in [0.5, 0.6) is 0 Å². The van der Waals surface area contributed by atoms with E-state index in [0.717, 1.165) is 17.8 Å². The summed E-state index contributed by atoms with van der Waals surface area (Å²) in [5.41, 5.74) is 0. The summed E-state index contributed by atoms with van der Waals surface area (Å²) in [6, 6.07) is 0. The first kappa shape index (κ1) is 22.7. The van der Waals surface area contributed by atoms with E-state index < -0.39 is 0 Å². The van der Waals surface area contributed by atoms with Gasteiger partial charge in [0.2, 0.25) is 0 Å². The zero-order chi connectivity index (χ0) is 17.3. The van der Waals surface area contributed by atoms with Crippen LogP contribution in [0.2, 0.25) is 0 Å². The smallest absolute Gasteiger partial charge is 0.0320 e. The lowest BCUT2D eigenvalue weighted by atomic mass is 9.87. The Bertz CT molecular complexity index is 249. The Morgan fingerprint density at radius 2 is 1.26 bits per heavy atom. The van der Waals surface area contributed by atoms with E-state index in [2.05, 4.69) is 46.8 Å². The Labute approximate surface area is 148 Å². The first-order valence-corrected chi connectivity index (χ1v) is 10.7. The molecule has 0 aromatic rings. The second-order valence-electron chi connectivity index (χ2n) is 8.30. The van der Waals surface area contributed by atoms with Crippen LogP contribution >= 0.6 is 0 Å². The molecule has 0 aromatic heterocycles. The Hall–Kier alpha value is -0.260. The molecular formula is C23H46. The normalized spacial score (nSPS) is 13.5. The van der Waals surface area contributed by atoms with Gasteiger partial charge < -0.3 is 0 Å². The third-order valence-corrected chi connectivity index (χ3v) is 5.13. The van der Waals surface area contributed by atoms with Gasteiger partial charge in [-0.2, -0.15) is 0 Å². The van der Waals surface area contributed by atoms with Crippen LogP contribution in [-0.4, -0.2) is 0 Å². The van der Waals surface area contributed by atoms with Gasteiger partial charge in [0.1, 0.15) is 0 Å². The van der Waals surface area contributed by atoms with E-state index in [1.54, 1.807) is 0 Å². The molecule has 1 atom stereocenters. The highest BCUT2D eigenvalue weighted by Gasteiger charge is 2.11. The van der Waals surface area contributed by atoms with E-state index in [1.165, 1.54) is 83.5 Å². The van der Waals surface area contributed by atoms with Gasteiger partial charge in [-0.25, -0.2) is 0 Å². The maximum Gasteiger partial charge on any atom is -0.0320 e. The highest BCUT2D eigenvalue weighted by molar-refractivity contribution is 4.84. The van der Waals surface area contributed by atoms with Gasteiger partial charge in [-0.05, 0) is 43.4 Å². The lowest BCUT2D eigenvalue weighted by molar-refractivity contribution is 0.347. The van der Waals surface area contributed by atoms with Crippen LogP contribution in [0.1, 0.15) is 118 Å². The lowest BCUT2D eigenvalue weighted by Crippen LogP contribution is -2.07. The average Bonchev–Trinajstić information content (AvgIpc) is 2.50. The van der Waals surface area contributed by atoms with Gasteiger partial charge in [0.15, 0.2) is 0 Å². The Morgan fingerprint density at radius 3 is 1.83 bits per heavy atom. The van der Waals surface area contributed by atoms with Gasteiger partial charge in [0.05, 0.1) is 0 Å². The van der Waals surface area contributed by atoms with Crippen molar-refractivity contribution in [3.05, 3.63) is 12.2 Å². The molecule has 23 heavy (non-hydrogen) atoms. The van der Waals surface area contributed by atoms with Crippen molar-refractivity contribution in [1.82, 2.24) is 0 Å². The minimum Gasteiger partial charge on any atom is -0.0885 e. The molecular weight excluding hydrogens is 276 g/mol. The number of unbranched alkanes of at least 4 members (excludes halogenated alkanes) is 8. The molecule has 0 heterocycles. The van der Waals surface area contributed by atoms with Crippen molar-refractivity contribution in [2.24, 2.45) is 17.8 Å². The molecule has 0 aliphatic carbocycles. The molecule has 0 saturated carbocycles. The van der Waals surface area contributed by atoms with E-state index in [-0.39, 0.29) is 0 Å². The van der Waals surface area contributed by atoms with Gasteiger partial charge in [0, 0.05) is 0 Å². The van der Waals surface area contributed by atoms with Gasteiger partial charge in [-0.1, -0.05) is 105 Å². The fraction of sp³-hybridized carbons (Fsp3) is 0.913. The van der Waals surface area contributed by atoms with Crippen molar-refractivity contribution in [2.45, 2.75) is 118 Å².